The molecule has 0 radical (unpaired) electrons. The van der Waals surface area contributed by atoms with Crippen LogP contribution in [-0.2, 0) is 9.53 Å². The Balaban J connectivity index is 2.11. The molecular weight excluding hydrogens is 222 g/mol. The molecule has 0 unspecified atom stereocenters. The monoisotopic (exact) mass is 241 g/mol. The van der Waals surface area contributed by atoms with Crippen molar-refractivity contribution in [2.24, 2.45) is 11.8 Å². The summed E-state index contributed by atoms with van der Waals surface area (Å²) in [4.78, 5) is 21.6. The second kappa shape index (κ2) is 4.63. The van der Waals surface area contributed by atoms with Crippen LogP contribution in [0.4, 0.5) is 0 Å². The van der Waals surface area contributed by atoms with Crippen molar-refractivity contribution < 1.29 is 14.5 Å². The lowest BCUT2D eigenvalue weighted by atomic mass is 9.82. The highest BCUT2D eigenvalue weighted by atomic mass is 16.6. The van der Waals surface area contributed by atoms with Crippen LogP contribution in [0.1, 0.15) is 45.4 Å². The van der Waals surface area contributed by atoms with Crippen LogP contribution in [0.3, 0.4) is 0 Å². The van der Waals surface area contributed by atoms with Crippen LogP contribution in [0.15, 0.2) is 0 Å². The zero-order valence-corrected chi connectivity index (χ0v) is 10.2. The van der Waals surface area contributed by atoms with Gasteiger partial charge in [0.2, 0.25) is 6.54 Å². The van der Waals surface area contributed by atoms with Crippen LogP contribution in [0, 0.1) is 22.0 Å². The summed E-state index contributed by atoms with van der Waals surface area (Å²) in [7, 11) is 0. The average molecular weight is 241 g/mol. The highest BCUT2D eigenvalue weighted by Gasteiger charge is 2.51. The van der Waals surface area contributed by atoms with E-state index in [1.165, 1.54) is 19.8 Å². The largest absolute Gasteiger partial charge is 0.452 e. The number of nitro groups is 1. The topological polar surface area (TPSA) is 69.4 Å². The third-order valence-corrected chi connectivity index (χ3v) is 4.11. The van der Waals surface area contributed by atoms with Crippen LogP contribution in [-0.4, -0.2) is 23.0 Å². The van der Waals surface area contributed by atoms with E-state index in [4.69, 9.17) is 4.74 Å². The number of esters is 1. The van der Waals surface area contributed by atoms with Crippen molar-refractivity contribution in [1.29, 1.82) is 0 Å². The van der Waals surface area contributed by atoms with E-state index in [2.05, 4.69) is 0 Å². The molecule has 3 atom stereocenters. The normalized spacial score (nSPS) is 36.3. The standard InChI is InChI=1S/C12H19NO4/c1-9(14)17-12(8-13(15)16)6-10-4-2-3-5-11(10)7-12/h10-11H,2-8H2,1H3/t10-,11+,12+. The number of ether oxygens (including phenoxy) is 1. The maximum absolute atomic E-state index is 11.1. The minimum absolute atomic E-state index is 0.237. The van der Waals surface area contributed by atoms with Gasteiger partial charge >= 0.3 is 5.97 Å². The number of hydrogen-bond acceptors (Lipinski definition) is 4. The predicted molar refractivity (Wildman–Crippen MR) is 61.0 cm³/mol. The first-order chi connectivity index (χ1) is 8.01. The lowest BCUT2D eigenvalue weighted by Gasteiger charge is -2.24. The Morgan fingerprint density at radius 2 is 1.88 bits per heavy atom. The lowest BCUT2D eigenvalue weighted by molar-refractivity contribution is -0.500. The maximum atomic E-state index is 11.1. The fourth-order valence-corrected chi connectivity index (χ4v) is 3.65. The number of hydrogen-bond donors (Lipinski definition) is 0. The SMILES string of the molecule is CC(=O)O[C@@]1(C[N+](=O)[O-])C[C@H]2CCCC[C@H]2C1. The molecule has 0 aromatic heterocycles. The van der Waals surface area contributed by atoms with Gasteiger partial charge in [-0.15, -0.1) is 0 Å². The third-order valence-electron chi connectivity index (χ3n) is 4.11. The summed E-state index contributed by atoms with van der Waals surface area (Å²) in [6.07, 6.45) is 6.03. The molecule has 2 aliphatic rings. The smallest absolute Gasteiger partial charge is 0.303 e. The number of carbonyl (C=O) groups is 1. The summed E-state index contributed by atoms with van der Waals surface area (Å²) in [6, 6.07) is 0. The Bertz CT molecular complexity index is 296. The van der Waals surface area contributed by atoms with Gasteiger partial charge in [0.15, 0.2) is 5.60 Å². The highest BCUT2D eigenvalue weighted by molar-refractivity contribution is 5.66. The predicted octanol–water partition coefficient (Wildman–Crippen LogP) is 2.17. The third kappa shape index (κ3) is 2.76. The van der Waals surface area contributed by atoms with Crippen LogP contribution in [0.2, 0.25) is 0 Å². The Labute approximate surface area is 101 Å². The van der Waals surface area contributed by atoms with E-state index >= 15 is 0 Å². The van der Waals surface area contributed by atoms with Crippen molar-refractivity contribution in [2.45, 2.75) is 51.0 Å². The van der Waals surface area contributed by atoms with Crippen molar-refractivity contribution in [2.75, 3.05) is 6.54 Å². The van der Waals surface area contributed by atoms with E-state index in [1.54, 1.807) is 0 Å². The molecule has 2 rings (SSSR count). The van der Waals surface area contributed by atoms with Crippen molar-refractivity contribution in [1.82, 2.24) is 0 Å². The Kier molecular flexibility index (Phi) is 3.35. The van der Waals surface area contributed by atoms with Gasteiger partial charge in [0.1, 0.15) is 0 Å². The van der Waals surface area contributed by atoms with Gasteiger partial charge in [-0.2, -0.15) is 0 Å². The van der Waals surface area contributed by atoms with E-state index < -0.39 is 11.6 Å². The Morgan fingerprint density at radius 1 is 1.35 bits per heavy atom. The fourth-order valence-electron chi connectivity index (χ4n) is 3.65. The van der Waals surface area contributed by atoms with E-state index in [0.717, 1.165) is 12.8 Å². The van der Waals surface area contributed by atoms with Gasteiger partial charge < -0.3 is 4.74 Å². The summed E-state index contributed by atoms with van der Waals surface area (Å²) in [5.74, 6) is 0.636. The van der Waals surface area contributed by atoms with E-state index in [1.807, 2.05) is 0 Å². The van der Waals surface area contributed by atoms with Gasteiger partial charge in [-0.3, -0.25) is 14.9 Å². The molecule has 5 nitrogen and oxygen atoms in total. The minimum Gasteiger partial charge on any atom is -0.452 e. The molecule has 2 aliphatic carbocycles. The molecule has 5 heteroatoms. The molecule has 0 aromatic rings. The lowest BCUT2D eigenvalue weighted by Crippen LogP contribution is -2.39. The molecule has 96 valence electrons. The first kappa shape index (κ1) is 12.3. The van der Waals surface area contributed by atoms with Crippen molar-refractivity contribution in [3.63, 3.8) is 0 Å². The highest BCUT2D eigenvalue weighted by Crippen LogP contribution is 2.48. The molecule has 0 saturated heterocycles. The van der Waals surface area contributed by atoms with Crippen LogP contribution < -0.4 is 0 Å². The first-order valence-electron chi connectivity index (χ1n) is 6.32. The van der Waals surface area contributed by atoms with Crippen molar-refractivity contribution in [3.8, 4) is 0 Å². The minimum atomic E-state index is -0.824. The van der Waals surface area contributed by atoms with Crippen molar-refractivity contribution >= 4 is 5.97 Å². The first-order valence-corrected chi connectivity index (χ1v) is 6.32. The molecule has 2 saturated carbocycles. The summed E-state index contributed by atoms with van der Waals surface area (Å²) in [6.45, 7) is 1.10. The van der Waals surface area contributed by atoms with Crippen molar-refractivity contribution in [3.05, 3.63) is 10.1 Å². The summed E-state index contributed by atoms with van der Waals surface area (Å²) < 4.78 is 5.32. The van der Waals surface area contributed by atoms with Crippen LogP contribution in [0.5, 0.6) is 0 Å². The quantitative estimate of drug-likeness (QED) is 0.431. The Hall–Kier alpha value is -1.13. The summed E-state index contributed by atoms with van der Waals surface area (Å²) >= 11 is 0. The molecule has 0 aromatic carbocycles. The molecule has 0 spiro atoms. The van der Waals surface area contributed by atoms with E-state index in [-0.39, 0.29) is 11.5 Å². The summed E-state index contributed by atoms with van der Waals surface area (Å²) in [5.41, 5.74) is -0.824. The second-order valence-corrected chi connectivity index (χ2v) is 5.48. The van der Waals surface area contributed by atoms with Crippen LogP contribution in [0.25, 0.3) is 0 Å². The average Bonchev–Trinajstić information content (AvgIpc) is 2.52. The molecule has 0 bridgehead atoms. The van der Waals surface area contributed by atoms with Crippen LogP contribution >= 0.6 is 0 Å². The zero-order chi connectivity index (χ0) is 12.5. The molecule has 17 heavy (non-hydrogen) atoms. The molecular formula is C12H19NO4. The van der Waals surface area contributed by atoms with E-state index in [9.17, 15) is 14.9 Å². The zero-order valence-electron chi connectivity index (χ0n) is 10.2. The van der Waals surface area contributed by atoms with Gasteiger partial charge in [-0.25, -0.2) is 0 Å². The molecule has 0 amide bonds. The number of carbonyl (C=O) groups excluding carboxylic acids is 1. The molecule has 0 N–H and O–H groups in total. The summed E-state index contributed by atoms with van der Waals surface area (Å²) in [5, 5.41) is 10.8. The molecule has 2 fully saturated rings. The van der Waals surface area contributed by atoms with Gasteiger partial charge in [0, 0.05) is 11.8 Å². The second-order valence-electron chi connectivity index (χ2n) is 5.48. The van der Waals surface area contributed by atoms with Gasteiger partial charge in [-0.1, -0.05) is 25.7 Å². The molecule has 0 heterocycles. The maximum Gasteiger partial charge on any atom is 0.303 e. The number of fused-ring (bicyclic) bond motifs is 1. The Morgan fingerprint density at radius 3 is 2.29 bits per heavy atom. The van der Waals surface area contributed by atoms with Gasteiger partial charge in [-0.05, 0) is 24.7 Å². The number of rotatable bonds is 3. The number of nitrogens with zero attached hydrogens (tertiary/aromatic N) is 1. The van der Waals surface area contributed by atoms with E-state index in [0.29, 0.717) is 24.7 Å². The fraction of sp³-hybridized carbons (Fsp3) is 0.917. The van der Waals surface area contributed by atoms with Gasteiger partial charge in [0.05, 0.1) is 0 Å². The molecule has 0 aliphatic heterocycles. The van der Waals surface area contributed by atoms with Gasteiger partial charge in [0.25, 0.3) is 0 Å².